The van der Waals surface area contributed by atoms with Crippen LogP contribution in [-0.4, -0.2) is 39.5 Å². The third-order valence-corrected chi connectivity index (χ3v) is 4.56. The number of fused-ring (bicyclic) bond motifs is 1. The molecule has 0 saturated carbocycles. The normalized spacial score (nSPS) is 21.5. The summed E-state index contributed by atoms with van der Waals surface area (Å²) in [4.78, 5) is 25.2. The van der Waals surface area contributed by atoms with Crippen molar-refractivity contribution < 1.29 is 14.7 Å². The van der Waals surface area contributed by atoms with Gasteiger partial charge in [-0.3, -0.25) is 9.59 Å². The Morgan fingerprint density at radius 2 is 2.09 bits per heavy atom. The number of halogens is 1. The summed E-state index contributed by atoms with van der Waals surface area (Å²) in [5.74, 6) is -1.38. The topological polar surface area (TPSA) is 62.5 Å². The fourth-order valence-corrected chi connectivity index (χ4v) is 3.20. The Kier molecular flexibility index (Phi) is 3.83. The summed E-state index contributed by atoms with van der Waals surface area (Å²) in [6.45, 7) is 2.85. The molecule has 0 unspecified atom stereocenters. The zero-order valence-electron chi connectivity index (χ0n) is 12.2. The first-order chi connectivity index (χ1) is 10.5. The van der Waals surface area contributed by atoms with Crippen LogP contribution in [0.5, 0.6) is 0 Å². The number of amides is 1. The zero-order chi connectivity index (χ0) is 15.9. The van der Waals surface area contributed by atoms with E-state index in [9.17, 15) is 9.59 Å². The number of carbonyl (C=O) groups excluding carboxylic acids is 1. The molecule has 5 nitrogen and oxygen atoms in total. The van der Waals surface area contributed by atoms with Crippen LogP contribution in [0, 0.1) is 11.8 Å². The fourth-order valence-electron chi connectivity index (χ4n) is 3.03. The van der Waals surface area contributed by atoms with Crippen LogP contribution >= 0.6 is 11.6 Å². The maximum Gasteiger partial charge on any atom is 0.308 e. The van der Waals surface area contributed by atoms with E-state index >= 15 is 0 Å². The molecule has 1 aliphatic rings. The molecule has 1 aromatic heterocycles. The number of rotatable bonds is 3. The Labute approximate surface area is 133 Å². The van der Waals surface area contributed by atoms with Gasteiger partial charge in [-0.1, -0.05) is 24.6 Å². The molecule has 0 radical (unpaired) electrons. The molecule has 2 atom stereocenters. The Morgan fingerprint density at radius 3 is 2.77 bits per heavy atom. The van der Waals surface area contributed by atoms with Crippen molar-refractivity contribution in [3.8, 4) is 0 Å². The quantitative estimate of drug-likeness (QED) is 0.945. The summed E-state index contributed by atoms with van der Waals surface area (Å²) in [6, 6.07) is 7.50. The smallest absolute Gasteiger partial charge is 0.308 e. The summed E-state index contributed by atoms with van der Waals surface area (Å²) >= 11 is 6.01. The molecule has 1 N–H and O–H groups in total. The molecule has 1 saturated heterocycles. The third kappa shape index (κ3) is 2.68. The molecule has 1 fully saturated rings. The maximum atomic E-state index is 12.4. The molecule has 2 aromatic rings. The number of likely N-dealkylation sites (tertiary alicyclic amines) is 1. The molecule has 1 aromatic carbocycles. The molecule has 116 valence electrons. The second kappa shape index (κ2) is 5.65. The molecule has 22 heavy (non-hydrogen) atoms. The molecule has 1 aliphatic heterocycles. The summed E-state index contributed by atoms with van der Waals surface area (Å²) < 4.78 is 1.85. The van der Waals surface area contributed by atoms with E-state index in [4.69, 9.17) is 16.7 Å². The van der Waals surface area contributed by atoms with Crippen LogP contribution in [0.15, 0.2) is 30.5 Å². The van der Waals surface area contributed by atoms with Crippen LogP contribution in [0.4, 0.5) is 0 Å². The van der Waals surface area contributed by atoms with Gasteiger partial charge in [0.15, 0.2) is 0 Å². The molecule has 3 rings (SSSR count). The van der Waals surface area contributed by atoms with E-state index in [0.717, 1.165) is 10.9 Å². The lowest BCUT2D eigenvalue weighted by Crippen LogP contribution is -2.32. The van der Waals surface area contributed by atoms with E-state index in [0.29, 0.717) is 11.6 Å². The van der Waals surface area contributed by atoms with Crippen molar-refractivity contribution in [1.82, 2.24) is 9.47 Å². The van der Waals surface area contributed by atoms with Crippen LogP contribution in [0.25, 0.3) is 10.9 Å². The van der Waals surface area contributed by atoms with Gasteiger partial charge in [-0.05, 0) is 29.5 Å². The lowest BCUT2D eigenvalue weighted by Gasteiger charge is -2.16. The van der Waals surface area contributed by atoms with Crippen molar-refractivity contribution in [1.29, 1.82) is 0 Å². The molecular formula is C16H17ClN2O3. The van der Waals surface area contributed by atoms with Gasteiger partial charge in [-0.2, -0.15) is 0 Å². The predicted octanol–water partition coefficient (Wildman–Crippen LogP) is 2.47. The Balaban J connectivity index is 1.76. The van der Waals surface area contributed by atoms with Crippen LogP contribution in [0.3, 0.4) is 0 Å². The van der Waals surface area contributed by atoms with Crippen molar-refractivity contribution in [3.63, 3.8) is 0 Å². The first kappa shape index (κ1) is 14.9. The number of carboxylic acids is 1. The van der Waals surface area contributed by atoms with Gasteiger partial charge >= 0.3 is 5.97 Å². The average molecular weight is 321 g/mol. The van der Waals surface area contributed by atoms with Crippen LogP contribution in [-0.2, 0) is 16.1 Å². The average Bonchev–Trinajstić information content (AvgIpc) is 3.03. The highest BCUT2D eigenvalue weighted by atomic mass is 35.5. The van der Waals surface area contributed by atoms with Gasteiger partial charge in [0.2, 0.25) is 5.91 Å². The highest BCUT2D eigenvalue weighted by molar-refractivity contribution is 6.31. The van der Waals surface area contributed by atoms with E-state index in [1.165, 1.54) is 0 Å². The standard InChI is InChI=1S/C16H17ClN2O3/c1-10-7-19(8-13(10)16(21)22)15(20)9-18-5-4-11-2-3-12(17)6-14(11)18/h2-6,10,13H,7-9H2,1H3,(H,21,22)/t10-,13-/m1/s1. The molecule has 6 heteroatoms. The largest absolute Gasteiger partial charge is 0.481 e. The number of nitrogens with zero attached hydrogens (tertiary/aromatic N) is 2. The molecule has 0 spiro atoms. The number of benzene rings is 1. The first-order valence-corrected chi connectivity index (χ1v) is 7.58. The van der Waals surface area contributed by atoms with Gasteiger partial charge < -0.3 is 14.6 Å². The first-order valence-electron chi connectivity index (χ1n) is 7.20. The van der Waals surface area contributed by atoms with Gasteiger partial charge in [0.05, 0.1) is 5.92 Å². The fraction of sp³-hybridized carbons (Fsp3) is 0.375. The Hall–Kier alpha value is -2.01. The molecule has 2 heterocycles. The predicted molar refractivity (Wildman–Crippen MR) is 83.8 cm³/mol. The van der Waals surface area contributed by atoms with Gasteiger partial charge in [0.25, 0.3) is 0 Å². The number of aliphatic carboxylic acids is 1. The zero-order valence-corrected chi connectivity index (χ0v) is 13.0. The number of hydrogen-bond acceptors (Lipinski definition) is 2. The van der Waals surface area contributed by atoms with E-state index in [2.05, 4.69) is 0 Å². The summed E-state index contributed by atoms with van der Waals surface area (Å²) in [7, 11) is 0. The number of carbonyl (C=O) groups is 2. The second-order valence-electron chi connectivity index (χ2n) is 5.87. The number of hydrogen-bond donors (Lipinski definition) is 1. The number of carboxylic acid groups (broad SMARTS) is 1. The SMILES string of the molecule is C[C@@H]1CN(C(=O)Cn2ccc3ccc(Cl)cc32)C[C@H]1C(=O)O. The summed E-state index contributed by atoms with van der Waals surface area (Å²) in [5.41, 5.74) is 0.905. The van der Waals surface area contributed by atoms with E-state index < -0.39 is 11.9 Å². The molecule has 0 aliphatic carbocycles. The summed E-state index contributed by atoms with van der Waals surface area (Å²) in [5, 5.41) is 10.8. The van der Waals surface area contributed by atoms with Crippen molar-refractivity contribution in [3.05, 3.63) is 35.5 Å². The van der Waals surface area contributed by atoms with Crippen molar-refractivity contribution >= 4 is 34.4 Å². The lowest BCUT2D eigenvalue weighted by molar-refractivity contribution is -0.142. The van der Waals surface area contributed by atoms with Crippen LogP contribution in [0.2, 0.25) is 5.02 Å². The molecular weight excluding hydrogens is 304 g/mol. The molecule has 0 bridgehead atoms. The third-order valence-electron chi connectivity index (χ3n) is 4.32. The highest BCUT2D eigenvalue weighted by Crippen LogP contribution is 2.24. The minimum atomic E-state index is -0.832. The lowest BCUT2D eigenvalue weighted by atomic mass is 9.99. The van der Waals surface area contributed by atoms with E-state index in [1.54, 1.807) is 4.90 Å². The minimum Gasteiger partial charge on any atom is -0.481 e. The van der Waals surface area contributed by atoms with Gasteiger partial charge in [0.1, 0.15) is 6.54 Å². The summed E-state index contributed by atoms with van der Waals surface area (Å²) in [6.07, 6.45) is 1.85. The Morgan fingerprint density at radius 1 is 1.32 bits per heavy atom. The van der Waals surface area contributed by atoms with Crippen LogP contribution in [0.1, 0.15) is 6.92 Å². The highest BCUT2D eigenvalue weighted by Gasteiger charge is 2.36. The van der Waals surface area contributed by atoms with E-state index in [-0.39, 0.29) is 24.9 Å². The van der Waals surface area contributed by atoms with Crippen molar-refractivity contribution in [2.24, 2.45) is 11.8 Å². The van der Waals surface area contributed by atoms with Crippen LogP contribution < -0.4 is 0 Å². The van der Waals surface area contributed by atoms with Crippen molar-refractivity contribution in [2.75, 3.05) is 13.1 Å². The van der Waals surface area contributed by atoms with Crippen molar-refractivity contribution in [2.45, 2.75) is 13.5 Å². The Bertz CT molecular complexity index is 740. The van der Waals surface area contributed by atoms with Gasteiger partial charge in [0, 0.05) is 29.8 Å². The van der Waals surface area contributed by atoms with E-state index in [1.807, 2.05) is 42.0 Å². The van der Waals surface area contributed by atoms with Gasteiger partial charge in [-0.15, -0.1) is 0 Å². The second-order valence-corrected chi connectivity index (χ2v) is 6.30. The maximum absolute atomic E-state index is 12.4. The number of aromatic nitrogens is 1. The van der Waals surface area contributed by atoms with Gasteiger partial charge in [-0.25, -0.2) is 0 Å². The minimum absolute atomic E-state index is 0.0164. The molecule has 1 amide bonds. The monoisotopic (exact) mass is 320 g/mol.